The van der Waals surface area contributed by atoms with Crippen molar-refractivity contribution in [2.45, 2.75) is 20.3 Å². The average molecular weight is 238 g/mol. The molecule has 0 aliphatic rings. The molecule has 6 nitrogen and oxygen atoms in total. The van der Waals surface area contributed by atoms with E-state index in [-0.39, 0.29) is 11.8 Å². The summed E-state index contributed by atoms with van der Waals surface area (Å²) in [7, 11) is 0. The van der Waals surface area contributed by atoms with Gasteiger partial charge in [-0.05, 0) is 12.0 Å². The van der Waals surface area contributed by atoms with E-state index in [4.69, 9.17) is 0 Å². The second-order valence-electron chi connectivity index (χ2n) is 4.17. The number of amides is 2. The number of carbonyl (C=O) groups is 2. The van der Waals surface area contributed by atoms with Crippen LogP contribution in [0.1, 0.15) is 30.8 Å². The molecule has 0 saturated heterocycles. The van der Waals surface area contributed by atoms with Crippen molar-refractivity contribution in [3.05, 3.63) is 18.0 Å². The molecule has 0 unspecified atom stereocenters. The molecule has 6 heteroatoms. The number of hydrogen-bond acceptors (Lipinski definition) is 3. The smallest absolute Gasteiger partial charge is 0.269 e. The van der Waals surface area contributed by atoms with Crippen molar-refractivity contribution in [3.63, 3.8) is 0 Å². The molecule has 0 saturated carbocycles. The second-order valence-corrected chi connectivity index (χ2v) is 4.17. The fraction of sp³-hybridized carbons (Fsp3) is 0.545. The predicted molar refractivity (Wildman–Crippen MR) is 63.4 cm³/mol. The Labute approximate surface area is 100 Å². The number of H-pyrrole nitrogens is 1. The highest BCUT2D eigenvalue weighted by atomic mass is 16.2. The Balaban J connectivity index is 2.12. The van der Waals surface area contributed by atoms with Gasteiger partial charge in [-0.1, -0.05) is 13.8 Å². The maximum atomic E-state index is 11.4. The Morgan fingerprint density at radius 2 is 2.06 bits per heavy atom. The first-order valence-corrected chi connectivity index (χ1v) is 5.64. The molecule has 0 aromatic carbocycles. The molecule has 0 aliphatic heterocycles. The Morgan fingerprint density at radius 1 is 1.35 bits per heavy atom. The largest absolute Gasteiger partial charge is 0.354 e. The molecule has 0 bridgehead atoms. The maximum absolute atomic E-state index is 11.4. The summed E-state index contributed by atoms with van der Waals surface area (Å²) in [4.78, 5) is 22.7. The zero-order chi connectivity index (χ0) is 12.7. The summed E-state index contributed by atoms with van der Waals surface area (Å²) in [6, 6.07) is 1.59. The van der Waals surface area contributed by atoms with Crippen molar-refractivity contribution in [3.8, 4) is 0 Å². The van der Waals surface area contributed by atoms with Gasteiger partial charge in [-0.3, -0.25) is 14.7 Å². The number of aromatic nitrogens is 2. The standard InChI is InChI=1S/C11H18N4O2/c1-8(2)7-10(16)12-5-6-13-11(17)9-3-4-14-15-9/h3-4,8H,5-7H2,1-2H3,(H,12,16)(H,13,17)(H,14,15). The summed E-state index contributed by atoms with van der Waals surface area (Å²) in [5, 5.41) is 11.6. The molecule has 0 atom stereocenters. The van der Waals surface area contributed by atoms with E-state index in [0.717, 1.165) is 0 Å². The third-order valence-electron chi connectivity index (χ3n) is 2.07. The van der Waals surface area contributed by atoms with Gasteiger partial charge in [0.1, 0.15) is 5.69 Å². The molecule has 3 N–H and O–H groups in total. The maximum Gasteiger partial charge on any atom is 0.269 e. The van der Waals surface area contributed by atoms with Crippen LogP contribution in [-0.2, 0) is 4.79 Å². The Bertz CT molecular complexity index is 360. The first-order valence-electron chi connectivity index (χ1n) is 5.64. The Kier molecular flexibility index (Phi) is 5.19. The lowest BCUT2D eigenvalue weighted by Crippen LogP contribution is -2.35. The van der Waals surface area contributed by atoms with Crippen LogP contribution in [0.15, 0.2) is 12.3 Å². The number of carbonyl (C=O) groups excluding carboxylic acids is 2. The first-order chi connectivity index (χ1) is 8.09. The van der Waals surface area contributed by atoms with E-state index in [1.54, 1.807) is 6.07 Å². The first kappa shape index (κ1) is 13.2. The highest BCUT2D eigenvalue weighted by Crippen LogP contribution is 1.97. The van der Waals surface area contributed by atoms with Gasteiger partial charge in [0.2, 0.25) is 5.91 Å². The highest BCUT2D eigenvalue weighted by molar-refractivity contribution is 5.92. The van der Waals surface area contributed by atoms with Crippen LogP contribution in [0.5, 0.6) is 0 Å². The molecular weight excluding hydrogens is 220 g/mol. The topological polar surface area (TPSA) is 86.9 Å². The van der Waals surface area contributed by atoms with Gasteiger partial charge in [-0.2, -0.15) is 5.10 Å². The summed E-state index contributed by atoms with van der Waals surface area (Å²) in [6.07, 6.45) is 2.02. The molecule has 94 valence electrons. The van der Waals surface area contributed by atoms with Gasteiger partial charge in [-0.25, -0.2) is 0 Å². The highest BCUT2D eigenvalue weighted by Gasteiger charge is 2.06. The fourth-order valence-corrected chi connectivity index (χ4v) is 1.30. The van der Waals surface area contributed by atoms with Gasteiger partial charge in [0.25, 0.3) is 5.91 Å². The third-order valence-corrected chi connectivity index (χ3v) is 2.07. The van der Waals surface area contributed by atoms with Crippen molar-refractivity contribution in [1.82, 2.24) is 20.8 Å². The zero-order valence-electron chi connectivity index (χ0n) is 10.1. The van der Waals surface area contributed by atoms with Crippen LogP contribution in [0.2, 0.25) is 0 Å². The minimum Gasteiger partial charge on any atom is -0.354 e. The zero-order valence-corrected chi connectivity index (χ0v) is 10.1. The van der Waals surface area contributed by atoms with E-state index >= 15 is 0 Å². The van der Waals surface area contributed by atoms with Crippen LogP contribution in [0.25, 0.3) is 0 Å². The SMILES string of the molecule is CC(C)CC(=O)NCCNC(=O)c1ccn[nH]1. The van der Waals surface area contributed by atoms with E-state index in [1.165, 1.54) is 6.20 Å². The molecule has 1 aromatic heterocycles. The summed E-state index contributed by atoms with van der Waals surface area (Å²) in [5.74, 6) is 0.131. The van der Waals surface area contributed by atoms with Crippen molar-refractivity contribution < 1.29 is 9.59 Å². The molecule has 1 aromatic rings. The molecule has 1 rings (SSSR count). The summed E-state index contributed by atoms with van der Waals surface area (Å²) >= 11 is 0. The lowest BCUT2D eigenvalue weighted by molar-refractivity contribution is -0.121. The fourth-order valence-electron chi connectivity index (χ4n) is 1.30. The number of nitrogens with one attached hydrogen (secondary N) is 3. The van der Waals surface area contributed by atoms with E-state index < -0.39 is 0 Å². The van der Waals surface area contributed by atoms with Crippen LogP contribution < -0.4 is 10.6 Å². The van der Waals surface area contributed by atoms with Gasteiger partial charge in [-0.15, -0.1) is 0 Å². The number of nitrogens with zero attached hydrogens (tertiary/aromatic N) is 1. The normalized spacial score (nSPS) is 10.3. The Hall–Kier alpha value is -1.85. The van der Waals surface area contributed by atoms with Crippen LogP contribution in [0, 0.1) is 5.92 Å². The Morgan fingerprint density at radius 3 is 2.65 bits per heavy atom. The molecule has 1 heterocycles. The lowest BCUT2D eigenvalue weighted by Gasteiger charge is -2.07. The molecular formula is C11H18N4O2. The second kappa shape index (κ2) is 6.67. The summed E-state index contributed by atoms with van der Waals surface area (Å²) in [5.41, 5.74) is 0.415. The predicted octanol–water partition coefficient (Wildman–Crippen LogP) is 0.302. The molecule has 0 fully saturated rings. The third kappa shape index (κ3) is 5.14. The van der Waals surface area contributed by atoms with E-state index in [0.29, 0.717) is 31.1 Å². The lowest BCUT2D eigenvalue weighted by atomic mass is 10.1. The van der Waals surface area contributed by atoms with Crippen LogP contribution in [0.4, 0.5) is 0 Å². The van der Waals surface area contributed by atoms with Crippen molar-refractivity contribution in [2.75, 3.05) is 13.1 Å². The molecule has 0 spiro atoms. The van der Waals surface area contributed by atoms with E-state index in [9.17, 15) is 9.59 Å². The van der Waals surface area contributed by atoms with Crippen molar-refractivity contribution in [2.24, 2.45) is 5.92 Å². The average Bonchev–Trinajstić information content (AvgIpc) is 2.76. The quantitative estimate of drug-likeness (QED) is 0.623. The monoisotopic (exact) mass is 238 g/mol. The van der Waals surface area contributed by atoms with Gasteiger partial charge in [0.05, 0.1) is 0 Å². The number of aromatic amines is 1. The van der Waals surface area contributed by atoms with Crippen LogP contribution >= 0.6 is 0 Å². The van der Waals surface area contributed by atoms with E-state index in [1.807, 2.05) is 13.8 Å². The molecule has 2 amide bonds. The number of rotatable bonds is 6. The molecule has 17 heavy (non-hydrogen) atoms. The van der Waals surface area contributed by atoms with Gasteiger partial charge >= 0.3 is 0 Å². The van der Waals surface area contributed by atoms with Crippen molar-refractivity contribution in [1.29, 1.82) is 0 Å². The molecule has 0 aliphatic carbocycles. The minimum absolute atomic E-state index is 0.00999. The molecule has 0 radical (unpaired) electrons. The number of hydrogen-bond donors (Lipinski definition) is 3. The van der Waals surface area contributed by atoms with Gasteiger partial charge in [0.15, 0.2) is 0 Å². The van der Waals surface area contributed by atoms with Gasteiger partial charge in [0, 0.05) is 25.7 Å². The summed E-state index contributed by atoms with van der Waals surface area (Å²) < 4.78 is 0. The van der Waals surface area contributed by atoms with Gasteiger partial charge < -0.3 is 10.6 Å². The van der Waals surface area contributed by atoms with Crippen LogP contribution in [-0.4, -0.2) is 35.1 Å². The summed E-state index contributed by atoms with van der Waals surface area (Å²) in [6.45, 7) is 4.81. The van der Waals surface area contributed by atoms with Crippen molar-refractivity contribution >= 4 is 11.8 Å². The van der Waals surface area contributed by atoms with Crippen LogP contribution in [0.3, 0.4) is 0 Å². The minimum atomic E-state index is -0.222. The van der Waals surface area contributed by atoms with E-state index in [2.05, 4.69) is 20.8 Å².